The van der Waals surface area contributed by atoms with E-state index >= 15 is 0 Å². The Morgan fingerprint density at radius 3 is 2.41 bits per heavy atom. The lowest BCUT2D eigenvalue weighted by molar-refractivity contribution is -0.125. The molecule has 3 N–H and O–H groups in total. The molecule has 0 aliphatic carbocycles. The van der Waals surface area contributed by atoms with Gasteiger partial charge in [0.1, 0.15) is 0 Å². The first-order valence-corrected chi connectivity index (χ1v) is 6.51. The van der Waals surface area contributed by atoms with E-state index in [1.807, 2.05) is 27.7 Å². The fourth-order valence-corrected chi connectivity index (χ4v) is 1.93. The zero-order valence-corrected chi connectivity index (χ0v) is 11.9. The van der Waals surface area contributed by atoms with Crippen molar-refractivity contribution in [2.24, 2.45) is 5.73 Å². The molecule has 1 amide bonds. The van der Waals surface area contributed by atoms with Crippen LogP contribution in [0.25, 0.3) is 0 Å². The molecule has 4 nitrogen and oxygen atoms in total. The van der Waals surface area contributed by atoms with Gasteiger partial charge in [0.15, 0.2) is 0 Å². The fourth-order valence-electron chi connectivity index (χ4n) is 1.93. The Balaban J connectivity index is 4.28. The lowest BCUT2D eigenvalue weighted by Crippen LogP contribution is -2.57. The molecule has 2 atom stereocenters. The molecule has 0 heterocycles. The molecular weight excluding hydrogens is 216 g/mol. The molecule has 0 aromatic rings. The predicted octanol–water partition coefficient (Wildman–Crippen LogP) is 1.82. The number of ether oxygens (including phenoxy) is 1. The Kier molecular flexibility index (Phi) is 7.39. The van der Waals surface area contributed by atoms with Crippen molar-refractivity contribution in [2.45, 2.75) is 71.6 Å². The highest BCUT2D eigenvalue weighted by atomic mass is 16.5. The number of hydrogen-bond acceptors (Lipinski definition) is 3. The van der Waals surface area contributed by atoms with Gasteiger partial charge < -0.3 is 15.8 Å². The molecule has 0 rings (SSSR count). The van der Waals surface area contributed by atoms with Crippen molar-refractivity contribution in [1.82, 2.24) is 5.32 Å². The smallest absolute Gasteiger partial charge is 0.237 e. The van der Waals surface area contributed by atoms with Gasteiger partial charge in [0, 0.05) is 19.1 Å². The standard InChI is InChI=1S/C13H28N2O2/c1-6-7-8-17-11(4)9-13(5,12(14)16)15-10(2)3/h10-11,15H,6-9H2,1-5H3,(H2,14,16). The van der Waals surface area contributed by atoms with Crippen LogP contribution < -0.4 is 11.1 Å². The van der Waals surface area contributed by atoms with Crippen molar-refractivity contribution in [3.8, 4) is 0 Å². The van der Waals surface area contributed by atoms with Crippen molar-refractivity contribution in [2.75, 3.05) is 6.61 Å². The average molecular weight is 244 g/mol. The van der Waals surface area contributed by atoms with Gasteiger partial charge in [-0.15, -0.1) is 0 Å². The summed E-state index contributed by atoms with van der Waals surface area (Å²) in [7, 11) is 0. The SMILES string of the molecule is CCCCOC(C)CC(C)(NC(C)C)C(N)=O. The number of unbranched alkanes of at least 4 members (excludes halogenated alkanes) is 1. The Morgan fingerprint density at radius 1 is 1.41 bits per heavy atom. The maximum Gasteiger partial charge on any atom is 0.237 e. The van der Waals surface area contributed by atoms with Crippen molar-refractivity contribution in [3.05, 3.63) is 0 Å². The van der Waals surface area contributed by atoms with Gasteiger partial charge in [0.25, 0.3) is 0 Å². The highest BCUT2D eigenvalue weighted by Crippen LogP contribution is 2.15. The molecule has 2 unspecified atom stereocenters. The van der Waals surface area contributed by atoms with Crippen LogP contribution in [0.15, 0.2) is 0 Å². The van der Waals surface area contributed by atoms with Crippen LogP contribution in [0.3, 0.4) is 0 Å². The number of carbonyl (C=O) groups is 1. The van der Waals surface area contributed by atoms with Gasteiger partial charge in [-0.25, -0.2) is 0 Å². The maximum atomic E-state index is 11.5. The molecule has 0 bridgehead atoms. The minimum absolute atomic E-state index is 0.0327. The van der Waals surface area contributed by atoms with Crippen molar-refractivity contribution in [1.29, 1.82) is 0 Å². The number of carbonyl (C=O) groups excluding carboxylic acids is 1. The van der Waals surface area contributed by atoms with Gasteiger partial charge >= 0.3 is 0 Å². The normalized spacial score (nSPS) is 16.8. The number of nitrogens with two attached hydrogens (primary N) is 1. The van der Waals surface area contributed by atoms with Crippen molar-refractivity contribution in [3.63, 3.8) is 0 Å². The van der Waals surface area contributed by atoms with Crippen LogP contribution in [0.4, 0.5) is 0 Å². The Labute approximate surface area is 105 Å². The van der Waals surface area contributed by atoms with Crippen LogP contribution in [0.1, 0.15) is 53.9 Å². The van der Waals surface area contributed by atoms with E-state index < -0.39 is 5.54 Å². The molecule has 4 heteroatoms. The molecule has 17 heavy (non-hydrogen) atoms. The summed E-state index contributed by atoms with van der Waals surface area (Å²) >= 11 is 0. The summed E-state index contributed by atoms with van der Waals surface area (Å²) in [6, 6.07) is 0.218. The van der Waals surface area contributed by atoms with E-state index in [0.717, 1.165) is 19.4 Å². The number of nitrogens with one attached hydrogen (secondary N) is 1. The molecule has 102 valence electrons. The molecule has 0 aromatic carbocycles. The summed E-state index contributed by atoms with van der Waals surface area (Å²) in [6.45, 7) is 10.7. The molecular formula is C13H28N2O2. The monoisotopic (exact) mass is 244 g/mol. The third-order valence-electron chi connectivity index (χ3n) is 2.75. The average Bonchev–Trinajstić information content (AvgIpc) is 2.16. The predicted molar refractivity (Wildman–Crippen MR) is 70.8 cm³/mol. The first-order chi connectivity index (χ1) is 7.81. The van der Waals surface area contributed by atoms with Crippen LogP contribution in [0.5, 0.6) is 0 Å². The second-order valence-electron chi connectivity index (χ2n) is 5.23. The largest absolute Gasteiger partial charge is 0.378 e. The van der Waals surface area contributed by atoms with Crippen molar-refractivity contribution < 1.29 is 9.53 Å². The number of primary amides is 1. The van der Waals surface area contributed by atoms with E-state index in [9.17, 15) is 4.79 Å². The van der Waals surface area contributed by atoms with Gasteiger partial charge in [0.05, 0.1) is 11.6 Å². The zero-order valence-electron chi connectivity index (χ0n) is 11.9. The molecule has 0 aromatic heterocycles. The second kappa shape index (κ2) is 7.67. The summed E-state index contributed by atoms with van der Waals surface area (Å²) in [5.74, 6) is -0.322. The van der Waals surface area contributed by atoms with Gasteiger partial charge in [0.2, 0.25) is 5.91 Å². The van der Waals surface area contributed by atoms with E-state index in [-0.39, 0.29) is 18.1 Å². The van der Waals surface area contributed by atoms with Crippen LogP contribution in [0.2, 0.25) is 0 Å². The third kappa shape index (κ3) is 6.64. The van der Waals surface area contributed by atoms with E-state index in [1.165, 1.54) is 0 Å². The second-order valence-corrected chi connectivity index (χ2v) is 5.23. The molecule has 0 radical (unpaired) electrons. The molecule has 0 spiro atoms. The minimum Gasteiger partial charge on any atom is -0.378 e. The summed E-state index contributed by atoms with van der Waals surface area (Å²) in [4.78, 5) is 11.5. The quantitative estimate of drug-likeness (QED) is 0.608. The minimum atomic E-state index is -0.695. The van der Waals surface area contributed by atoms with Gasteiger partial charge in [-0.3, -0.25) is 4.79 Å². The van der Waals surface area contributed by atoms with E-state index in [0.29, 0.717) is 6.42 Å². The van der Waals surface area contributed by atoms with Crippen molar-refractivity contribution >= 4 is 5.91 Å². The zero-order chi connectivity index (χ0) is 13.5. The van der Waals surface area contributed by atoms with Gasteiger partial charge in [-0.2, -0.15) is 0 Å². The van der Waals surface area contributed by atoms with E-state index in [2.05, 4.69) is 12.2 Å². The lowest BCUT2D eigenvalue weighted by Gasteiger charge is -2.32. The Bertz CT molecular complexity index is 231. The topological polar surface area (TPSA) is 64.3 Å². The lowest BCUT2D eigenvalue weighted by atomic mass is 9.93. The number of amides is 1. The maximum absolute atomic E-state index is 11.5. The summed E-state index contributed by atoms with van der Waals surface area (Å²) in [5, 5.41) is 3.22. The Hall–Kier alpha value is -0.610. The molecule has 0 fully saturated rings. The molecule has 0 saturated heterocycles. The fraction of sp³-hybridized carbons (Fsp3) is 0.923. The molecule has 0 saturated carbocycles. The molecule has 0 aliphatic heterocycles. The van der Waals surface area contributed by atoms with Crippen LogP contribution >= 0.6 is 0 Å². The highest BCUT2D eigenvalue weighted by molar-refractivity contribution is 5.84. The summed E-state index contributed by atoms with van der Waals surface area (Å²) < 4.78 is 5.66. The van der Waals surface area contributed by atoms with Crippen LogP contribution in [-0.4, -0.2) is 30.2 Å². The van der Waals surface area contributed by atoms with Gasteiger partial charge in [-0.05, 0) is 34.1 Å². The number of rotatable bonds is 9. The summed E-state index contributed by atoms with van der Waals surface area (Å²) in [5.41, 5.74) is 4.77. The number of hydrogen-bond donors (Lipinski definition) is 2. The summed E-state index contributed by atoms with van der Waals surface area (Å²) in [6.07, 6.45) is 2.80. The third-order valence-corrected chi connectivity index (χ3v) is 2.75. The Morgan fingerprint density at radius 2 is 2.00 bits per heavy atom. The van der Waals surface area contributed by atoms with Gasteiger partial charge in [-0.1, -0.05) is 13.3 Å². The highest BCUT2D eigenvalue weighted by Gasteiger charge is 2.33. The van der Waals surface area contributed by atoms with Crippen LogP contribution in [0, 0.1) is 0 Å². The van der Waals surface area contributed by atoms with E-state index in [4.69, 9.17) is 10.5 Å². The first-order valence-electron chi connectivity index (χ1n) is 6.51. The molecule has 0 aliphatic rings. The van der Waals surface area contributed by atoms with E-state index in [1.54, 1.807) is 0 Å². The van der Waals surface area contributed by atoms with Crippen LogP contribution in [-0.2, 0) is 9.53 Å². The first kappa shape index (κ1) is 16.4.